The first-order valence-electron chi connectivity index (χ1n) is 6.49. The highest BCUT2D eigenvalue weighted by atomic mass is 79.9. The molecule has 1 saturated heterocycles. The van der Waals surface area contributed by atoms with Crippen LogP contribution in [0.25, 0.3) is 0 Å². The van der Waals surface area contributed by atoms with Gasteiger partial charge in [0.2, 0.25) is 0 Å². The lowest BCUT2D eigenvalue weighted by atomic mass is 9.91. The highest BCUT2D eigenvalue weighted by Crippen LogP contribution is 2.27. The van der Waals surface area contributed by atoms with Gasteiger partial charge < -0.3 is 9.84 Å². The van der Waals surface area contributed by atoms with Gasteiger partial charge in [0, 0.05) is 23.2 Å². The molecule has 1 aliphatic rings. The normalized spacial score (nSPS) is 21.6. The number of carboxylic acids is 1. The zero-order chi connectivity index (χ0) is 14.8. The Hall–Kier alpha value is -0.980. The number of carbonyl (C=O) groups is 1. The number of halogens is 2. The highest BCUT2D eigenvalue weighted by Gasteiger charge is 2.38. The minimum Gasteiger partial charge on any atom is -0.480 e. The molecule has 2 unspecified atom stereocenters. The van der Waals surface area contributed by atoms with E-state index in [-0.39, 0.29) is 11.7 Å². The number of hydrogen-bond donors (Lipinski definition) is 2. The lowest BCUT2D eigenvalue weighted by Gasteiger charge is -2.28. The van der Waals surface area contributed by atoms with E-state index >= 15 is 0 Å². The van der Waals surface area contributed by atoms with Crippen molar-refractivity contribution in [2.75, 3.05) is 13.2 Å². The maximum Gasteiger partial charge on any atom is 0.328 e. The molecule has 2 rings (SSSR count). The summed E-state index contributed by atoms with van der Waals surface area (Å²) in [5.41, 5.74) is -1.36. The Kier molecular flexibility index (Phi) is 4.78. The van der Waals surface area contributed by atoms with Gasteiger partial charge in [-0.15, -0.1) is 0 Å². The molecule has 110 valence electrons. The Morgan fingerprint density at radius 3 is 2.95 bits per heavy atom. The largest absolute Gasteiger partial charge is 0.480 e. The average molecular weight is 346 g/mol. The number of aliphatic carboxylic acids is 1. The van der Waals surface area contributed by atoms with E-state index in [2.05, 4.69) is 21.2 Å². The molecule has 20 heavy (non-hydrogen) atoms. The number of benzene rings is 1. The van der Waals surface area contributed by atoms with Crippen molar-refractivity contribution in [2.24, 2.45) is 0 Å². The summed E-state index contributed by atoms with van der Waals surface area (Å²) in [7, 11) is 0. The summed E-state index contributed by atoms with van der Waals surface area (Å²) in [6.07, 6.45) is 1.86. The van der Waals surface area contributed by atoms with Crippen LogP contribution in [0.2, 0.25) is 0 Å². The highest BCUT2D eigenvalue weighted by molar-refractivity contribution is 9.10. The van der Waals surface area contributed by atoms with Gasteiger partial charge in [-0.2, -0.15) is 0 Å². The average Bonchev–Trinajstić information content (AvgIpc) is 2.88. The van der Waals surface area contributed by atoms with Crippen LogP contribution in [0.5, 0.6) is 0 Å². The Balaban J connectivity index is 2.21. The molecule has 0 amide bonds. The predicted octanol–water partition coefficient (Wildman–Crippen LogP) is 2.66. The fourth-order valence-electron chi connectivity index (χ4n) is 2.30. The van der Waals surface area contributed by atoms with E-state index in [1.54, 1.807) is 6.07 Å². The van der Waals surface area contributed by atoms with Gasteiger partial charge in [-0.05, 0) is 31.9 Å². The van der Waals surface area contributed by atoms with Gasteiger partial charge in [0.1, 0.15) is 11.4 Å². The summed E-state index contributed by atoms with van der Waals surface area (Å²) in [5, 5.41) is 12.4. The van der Waals surface area contributed by atoms with Gasteiger partial charge in [0.15, 0.2) is 0 Å². The van der Waals surface area contributed by atoms with E-state index in [4.69, 9.17) is 4.74 Å². The molecule has 4 nitrogen and oxygen atoms in total. The Morgan fingerprint density at radius 2 is 2.40 bits per heavy atom. The van der Waals surface area contributed by atoms with Crippen LogP contribution in [0, 0.1) is 5.82 Å². The van der Waals surface area contributed by atoms with Crippen LogP contribution in [0.3, 0.4) is 0 Å². The van der Waals surface area contributed by atoms with Crippen molar-refractivity contribution in [3.8, 4) is 0 Å². The third-order valence-electron chi connectivity index (χ3n) is 3.60. The molecule has 0 spiro atoms. The zero-order valence-electron chi connectivity index (χ0n) is 11.2. The predicted molar refractivity (Wildman–Crippen MR) is 76.1 cm³/mol. The lowest BCUT2D eigenvalue weighted by molar-refractivity contribution is -0.145. The first-order chi connectivity index (χ1) is 9.43. The third kappa shape index (κ3) is 3.19. The van der Waals surface area contributed by atoms with Gasteiger partial charge in [-0.25, -0.2) is 9.18 Å². The second-order valence-electron chi connectivity index (χ2n) is 5.07. The Morgan fingerprint density at radius 1 is 1.65 bits per heavy atom. The van der Waals surface area contributed by atoms with Gasteiger partial charge >= 0.3 is 5.97 Å². The molecule has 2 N–H and O–H groups in total. The van der Waals surface area contributed by atoms with Crippen molar-refractivity contribution in [3.05, 3.63) is 34.1 Å². The molecule has 0 bridgehead atoms. The van der Waals surface area contributed by atoms with Crippen molar-refractivity contribution in [1.82, 2.24) is 5.32 Å². The molecular formula is C14H17BrFNO3. The number of rotatable bonds is 5. The topological polar surface area (TPSA) is 58.6 Å². The van der Waals surface area contributed by atoms with Crippen molar-refractivity contribution in [1.29, 1.82) is 0 Å². The minimum absolute atomic E-state index is 0.00724. The number of nitrogens with one attached hydrogen (secondary N) is 1. The maximum atomic E-state index is 14.0. The van der Waals surface area contributed by atoms with Crippen molar-refractivity contribution in [2.45, 2.75) is 31.4 Å². The van der Waals surface area contributed by atoms with E-state index in [0.29, 0.717) is 17.6 Å². The molecule has 0 aromatic heterocycles. The van der Waals surface area contributed by atoms with Gasteiger partial charge in [0.05, 0.1) is 6.10 Å². The molecule has 2 atom stereocenters. The fraction of sp³-hybridized carbons (Fsp3) is 0.500. The number of carboxylic acid groups (broad SMARTS) is 1. The fourth-order valence-corrected chi connectivity index (χ4v) is 2.64. The first kappa shape index (κ1) is 15.4. The number of ether oxygens (including phenoxy) is 1. The van der Waals surface area contributed by atoms with E-state index in [1.165, 1.54) is 19.1 Å². The molecule has 0 radical (unpaired) electrons. The van der Waals surface area contributed by atoms with E-state index < -0.39 is 17.3 Å². The molecule has 0 aliphatic carbocycles. The molecule has 1 heterocycles. The second-order valence-corrected chi connectivity index (χ2v) is 5.99. The zero-order valence-corrected chi connectivity index (χ0v) is 12.7. The van der Waals surface area contributed by atoms with Crippen LogP contribution >= 0.6 is 15.9 Å². The lowest BCUT2D eigenvalue weighted by Crippen LogP contribution is -2.49. The quantitative estimate of drug-likeness (QED) is 0.861. The molecular weight excluding hydrogens is 329 g/mol. The summed E-state index contributed by atoms with van der Waals surface area (Å²) < 4.78 is 20.1. The van der Waals surface area contributed by atoms with Crippen molar-refractivity contribution in [3.63, 3.8) is 0 Å². The van der Waals surface area contributed by atoms with E-state index in [9.17, 15) is 14.3 Å². The molecule has 1 aromatic carbocycles. The Labute approximate surface area is 125 Å². The van der Waals surface area contributed by atoms with Crippen LogP contribution < -0.4 is 5.32 Å². The summed E-state index contributed by atoms with van der Waals surface area (Å²) in [4.78, 5) is 11.6. The molecule has 6 heteroatoms. The SMILES string of the molecule is CC(NCC1CCCO1)(C(=O)O)c1ccc(Br)cc1F. The smallest absolute Gasteiger partial charge is 0.328 e. The van der Waals surface area contributed by atoms with Crippen molar-refractivity contribution < 1.29 is 19.0 Å². The maximum absolute atomic E-state index is 14.0. The van der Waals surface area contributed by atoms with E-state index in [1.807, 2.05) is 0 Å². The summed E-state index contributed by atoms with van der Waals surface area (Å²) >= 11 is 3.17. The van der Waals surface area contributed by atoms with E-state index in [0.717, 1.165) is 12.8 Å². The summed E-state index contributed by atoms with van der Waals surface area (Å²) in [5.74, 6) is -1.67. The van der Waals surface area contributed by atoms with Crippen LogP contribution in [0.1, 0.15) is 25.3 Å². The van der Waals surface area contributed by atoms with Crippen LogP contribution in [-0.4, -0.2) is 30.3 Å². The summed E-state index contributed by atoms with van der Waals surface area (Å²) in [6, 6.07) is 4.38. The van der Waals surface area contributed by atoms with Crippen LogP contribution in [-0.2, 0) is 15.1 Å². The van der Waals surface area contributed by atoms with Crippen molar-refractivity contribution >= 4 is 21.9 Å². The monoisotopic (exact) mass is 345 g/mol. The van der Waals surface area contributed by atoms with Gasteiger partial charge in [-0.3, -0.25) is 5.32 Å². The number of hydrogen-bond acceptors (Lipinski definition) is 3. The van der Waals surface area contributed by atoms with Gasteiger partial charge in [-0.1, -0.05) is 22.0 Å². The van der Waals surface area contributed by atoms with Crippen LogP contribution in [0.4, 0.5) is 4.39 Å². The Bertz CT molecular complexity index is 505. The van der Waals surface area contributed by atoms with Crippen LogP contribution in [0.15, 0.2) is 22.7 Å². The molecule has 1 fully saturated rings. The molecule has 0 saturated carbocycles. The summed E-state index contributed by atoms with van der Waals surface area (Å²) in [6.45, 7) is 2.55. The third-order valence-corrected chi connectivity index (χ3v) is 4.10. The molecule has 1 aliphatic heterocycles. The first-order valence-corrected chi connectivity index (χ1v) is 7.28. The standard InChI is InChI=1S/C14H17BrFNO3/c1-14(13(18)19,17-8-10-3-2-6-20-10)11-5-4-9(15)7-12(11)16/h4-5,7,10,17H,2-3,6,8H2,1H3,(H,18,19). The minimum atomic E-state index is -1.48. The molecule has 1 aromatic rings. The van der Waals surface area contributed by atoms with Gasteiger partial charge in [0.25, 0.3) is 0 Å². The second kappa shape index (κ2) is 6.20.